The Labute approximate surface area is 223 Å². The number of aliphatic hydroxyl groups is 1. The second kappa shape index (κ2) is 8.72. The zero-order valence-electron chi connectivity index (χ0n) is 21.4. The lowest BCUT2D eigenvalue weighted by Crippen LogP contribution is -2.32. The largest absolute Gasteiger partial charge is 0.475 e. The van der Waals surface area contributed by atoms with Crippen molar-refractivity contribution in [2.75, 3.05) is 6.73 Å². The highest BCUT2D eigenvalue weighted by Gasteiger charge is 2.39. The van der Waals surface area contributed by atoms with E-state index in [4.69, 9.17) is 14.5 Å². The fourth-order valence-electron chi connectivity index (χ4n) is 6.02. The van der Waals surface area contributed by atoms with Crippen molar-refractivity contribution in [1.82, 2.24) is 14.5 Å². The Hall–Kier alpha value is -4.08. The van der Waals surface area contributed by atoms with Crippen LogP contribution in [0.5, 0.6) is 5.75 Å². The monoisotopic (exact) mass is 527 g/mol. The number of pyridine rings is 2. The van der Waals surface area contributed by atoms with Gasteiger partial charge in [-0.25, -0.2) is 9.37 Å². The van der Waals surface area contributed by atoms with Crippen molar-refractivity contribution in [2.24, 2.45) is 0 Å². The van der Waals surface area contributed by atoms with Crippen LogP contribution in [-0.4, -0.2) is 32.3 Å². The smallest absolute Gasteiger partial charge is 0.309 e. The molecule has 9 heteroatoms. The highest BCUT2D eigenvalue weighted by molar-refractivity contribution is 5.89. The molecular formula is C30H26FN3O5. The zero-order valence-corrected chi connectivity index (χ0v) is 21.4. The minimum absolute atomic E-state index is 0.186. The molecule has 1 atom stereocenters. The van der Waals surface area contributed by atoms with Crippen molar-refractivity contribution < 1.29 is 23.8 Å². The van der Waals surface area contributed by atoms with E-state index in [1.807, 2.05) is 36.4 Å². The van der Waals surface area contributed by atoms with Gasteiger partial charge in [0, 0.05) is 35.7 Å². The first-order valence-corrected chi connectivity index (χ1v) is 13.0. The number of carbonyl (C=O) groups is 1. The SMILES string of the molecule is CCC1(O)CC(=O)OCc2c1cc1n(c2=O)Cc2cc3c4c(c(F)cc3nc2-1)OCN(Cc1ccccc1)C4. The van der Waals surface area contributed by atoms with Crippen LogP contribution in [0.15, 0.2) is 53.3 Å². The molecule has 0 amide bonds. The molecule has 0 saturated carbocycles. The van der Waals surface area contributed by atoms with Gasteiger partial charge < -0.3 is 19.1 Å². The Morgan fingerprint density at radius 3 is 2.69 bits per heavy atom. The Morgan fingerprint density at radius 1 is 1.08 bits per heavy atom. The molecule has 3 aliphatic heterocycles. The molecule has 198 valence electrons. The molecule has 4 aromatic rings. The fraction of sp³-hybridized carbons (Fsp3) is 0.300. The molecule has 0 spiro atoms. The maximum atomic E-state index is 15.2. The van der Waals surface area contributed by atoms with Crippen LogP contribution in [0.1, 0.15) is 47.6 Å². The number of rotatable bonds is 3. The number of carbonyl (C=O) groups excluding carboxylic acids is 1. The minimum Gasteiger partial charge on any atom is -0.475 e. The van der Waals surface area contributed by atoms with Gasteiger partial charge in [-0.15, -0.1) is 0 Å². The highest BCUT2D eigenvalue weighted by atomic mass is 19.1. The maximum absolute atomic E-state index is 15.2. The lowest BCUT2D eigenvalue weighted by Gasteiger charge is -2.30. The van der Waals surface area contributed by atoms with E-state index in [1.165, 1.54) is 6.07 Å². The molecule has 7 rings (SSSR count). The Kier molecular flexibility index (Phi) is 5.37. The lowest BCUT2D eigenvalue weighted by atomic mass is 9.85. The molecule has 0 fully saturated rings. The van der Waals surface area contributed by atoms with E-state index in [9.17, 15) is 14.7 Å². The molecular weight excluding hydrogens is 501 g/mol. The standard InChI is InChI=1S/C30H26FN3O5/c1-2-30(37)11-26(35)38-15-21-22(30)9-25-27-18(13-34(25)29(21)36)8-19-20-14-33(12-17-6-4-3-5-7-17)16-39-28(20)23(31)10-24(19)32-27/h3-10,37H,2,11-16H2,1H3. The number of fused-ring (bicyclic) bond motifs is 7. The molecule has 3 aliphatic rings. The van der Waals surface area contributed by atoms with Gasteiger partial charge in [-0.1, -0.05) is 37.3 Å². The predicted molar refractivity (Wildman–Crippen MR) is 140 cm³/mol. The quantitative estimate of drug-likeness (QED) is 0.355. The van der Waals surface area contributed by atoms with Gasteiger partial charge in [-0.2, -0.15) is 0 Å². The fourth-order valence-corrected chi connectivity index (χ4v) is 6.02. The van der Waals surface area contributed by atoms with Gasteiger partial charge in [0.1, 0.15) is 18.9 Å². The number of nitrogens with zero attached hydrogens (tertiary/aromatic N) is 3. The number of hydrogen-bond donors (Lipinski definition) is 1. The summed E-state index contributed by atoms with van der Waals surface area (Å²) in [7, 11) is 0. The summed E-state index contributed by atoms with van der Waals surface area (Å²) in [5.74, 6) is -0.783. The lowest BCUT2D eigenvalue weighted by molar-refractivity contribution is -0.149. The third-order valence-electron chi connectivity index (χ3n) is 8.10. The molecule has 0 bridgehead atoms. The van der Waals surface area contributed by atoms with Crippen molar-refractivity contribution in [1.29, 1.82) is 0 Å². The van der Waals surface area contributed by atoms with Crippen LogP contribution in [-0.2, 0) is 41.4 Å². The average Bonchev–Trinajstić information content (AvgIpc) is 3.23. The summed E-state index contributed by atoms with van der Waals surface area (Å²) in [6, 6.07) is 15.1. The molecule has 2 aromatic carbocycles. The zero-order chi connectivity index (χ0) is 26.9. The van der Waals surface area contributed by atoms with Gasteiger partial charge in [0.25, 0.3) is 5.56 Å². The van der Waals surface area contributed by atoms with E-state index < -0.39 is 17.4 Å². The summed E-state index contributed by atoms with van der Waals surface area (Å²) < 4.78 is 27.9. The van der Waals surface area contributed by atoms with E-state index >= 15 is 4.39 Å². The van der Waals surface area contributed by atoms with Crippen LogP contribution in [0.2, 0.25) is 0 Å². The molecule has 1 unspecified atom stereocenters. The first-order valence-electron chi connectivity index (χ1n) is 13.0. The summed E-state index contributed by atoms with van der Waals surface area (Å²) in [6.45, 7) is 3.29. The van der Waals surface area contributed by atoms with Crippen LogP contribution in [0.25, 0.3) is 22.3 Å². The van der Waals surface area contributed by atoms with Crippen molar-refractivity contribution in [3.8, 4) is 17.1 Å². The van der Waals surface area contributed by atoms with Gasteiger partial charge in [0.2, 0.25) is 0 Å². The minimum atomic E-state index is -1.51. The first kappa shape index (κ1) is 24.0. The van der Waals surface area contributed by atoms with Gasteiger partial charge in [-0.3, -0.25) is 14.5 Å². The van der Waals surface area contributed by atoms with Crippen LogP contribution < -0.4 is 10.3 Å². The Balaban J connectivity index is 1.34. The number of cyclic esters (lactones) is 1. The third-order valence-corrected chi connectivity index (χ3v) is 8.10. The van der Waals surface area contributed by atoms with E-state index in [0.717, 1.165) is 22.1 Å². The van der Waals surface area contributed by atoms with E-state index in [-0.39, 0.29) is 49.6 Å². The molecule has 0 aliphatic carbocycles. The number of halogens is 1. The number of hydrogen-bond acceptors (Lipinski definition) is 7. The van der Waals surface area contributed by atoms with Crippen LogP contribution in [0.4, 0.5) is 4.39 Å². The molecule has 5 heterocycles. The number of ether oxygens (including phenoxy) is 2. The van der Waals surface area contributed by atoms with Gasteiger partial charge in [-0.05, 0) is 29.7 Å². The summed E-state index contributed by atoms with van der Waals surface area (Å²) in [5.41, 5.74) is 3.10. The topological polar surface area (TPSA) is 93.9 Å². The molecule has 8 nitrogen and oxygen atoms in total. The molecule has 0 saturated heterocycles. The van der Waals surface area contributed by atoms with Gasteiger partial charge in [0.05, 0.1) is 35.4 Å². The van der Waals surface area contributed by atoms with Crippen LogP contribution >= 0.6 is 0 Å². The summed E-state index contributed by atoms with van der Waals surface area (Å²) in [5, 5.41) is 12.1. The number of benzene rings is 2. The molecule has 1 N–H and O–H groups in total. The average molecular weight is 528 g/mol. The van der Waals surface area contributed by atoms with Gasteiger partial charge >= 0.3 is 5.97 Å². The number of aromatic nitrogens is 2. The highest BCUT2D eigenvalue weighted by Crippen LogP contribution is 2.41. The normalized spacial score (nSPS) is 19.9. The van der Waals surface area contributed by atoms with Crippen molar-refractivity contribution in [2.45, 2.75) is 51.6 Å². The molecule has 39 heavy (non-hydrogen) atoms. The molecule has 2 aromatic heterocycles. The number of esters is 1. The van der Waals surface area contributed by atoms with Crippen molar-refractivity contribution >= 4 is 16.9 Å². The van der Waals surface area contributed by atoms with Crippen LogP contribution in [0, 0.1) is 5.82 Å². The second-order valence-electron chi connectivity index (χ2n) is 10.5. The van der Waals surface area contributed by atoms with E-state index in [2.05, 4.69) is 4.90 Å². The maximum Gasteiger partial charge on any atom is 0.309 e. The van der Waals surface area contributed by atoms with Crippen molar-refractivity contribution in [3.63, 3.8) is 0 Å². The second-order valence-corrected chi connectivity index (χ2v) is 10.5. The van der Waals surface area contributed by atoms with Gasteiger partial charge in [0.15, 0.2) is 11.6 Å². The van der Waals surface area contributed by atoms with E-state index in [1.54, 1.807) is 17.6 Å². The first-order chi connectivity index (χ1) is 18.8. The van der Waals surface area contributed by atoms with E-state index in [0.29, 0.717) is 35.6 Å². The Bertz CT molecular complexity index is 1740. The predicted octanol–water partition coefficient (Wildman–Crippen LogP) is 3.96. The summed E-state index contributed by atoms with van der Waals surface area (Å²) in [4.78, 5) is 32.7. The summed E-state index contributed by atoms with van der Waals surface area (Å²) >= 11 is 0. The summed E-state index contributed by atoms with van der Waals surface area (Å²) in [6.07, 6.45) is 0.0149. The van der Waals surface area contributed by atoms with Crippen molar-refractivity contribution in [3.05, 3.63) is 92.5 Å². The third kappa shape index (κ3) is 3.76. The van der Waals surface area contributed by atoms with Crippen LogP contribution in [0.3, 0.4) is 0 Å². The molecule has 0 radical (unpaired) electrons. The Morgan fingerprint density at radius 2 is 1.90 bits per heavy atom.